The van der Waals surface area contributed by atoms with Crippen LogP contribution in [-0.4, -0.2) is 21.0 Å². The summed E-state index contributed by atoms with van der Waals surface area (Å²) in [6, 6.07) is 13.8. The van der Waals surface area contributed by atoms with Crippen molar-refractivity contribution in [2.45, 2.75) is 17.7 Å². The van der Waals surface area contributed by atoms with Crippen LogP contribution in [0.2, 0.25) is 0 Å². The maximum atomic E-state index is 11.6. The molecule has 0 spiro atoms. The fourth-order valence-electron chi connectivity index (χ4n) is 2.14. The molecule has 116 valence electrons. The topological polar surface area (TPSA) is 63.1 Å². The minimum atomic E-state index is -0.990. The molecule has 0 atom stereocenters. The number of aromatic nitrogens is 2. The Morgan fingerprint density at radius 3 is 2.61 bits per heavy atom. The molecular formula is C17H14N2O2S2. The molecule has 3 aromatic rings. The summed E-state index contributed by atoms with van der Waals surface area (Å²) in [6.45, 7) is 1.72. The van der Waals surface area contributed by atoms with Gasteiger partial charge < -0.3 is 5.11 Å². The molecule has 0 bridgehead atoms. The highest BCUT2D eigenvalue weighted by molar-refractivity contribution is 7.98. The number of nitrogens with zero attached hydrogens (tertiary/aromatic N) is 2. The minimum Gasteiger partial charge on any atom is -0.478 e. The number of thioether (sulfide) groups is 1. The first-order chi connectivity index (χ1) is 11.1. The van der Waals surface area contributed by atoms with E-state index in [-0.39, 0.29) is 5.56 Å². The van der Waals surface area contributed by atoms with Crippen molar-refractivity contribution < 1.29 is 9.90 Å². The quantitative estimate of drug-likeness (QED) is 0.546. The zero-order valence-electron chi connectivity index (χ0n) is 12.4. The van der Waals surface area contributed by atoms with Gasteiger partial charge in [0.2, 0.25) is 0 Å². The first kappa shape index (κ1) is 15.7. The van der Waals surface area contributed by atoms with Gasteiger partial charge in [-0.2, -0.15) is 0 Å². The summed E-state index contributed by atoms with van der Waals surface area (Å²) < 4.78 is 0. The van der Waals surface area contributed by atoms with Crippen molar-refractivity contribution in [3.63, 3.8) is 0 Å². The molecule has 23 heavy (non-hydrogen) atoms. The Kier molecular flexibility index (Phi) is 4.73. The Bertz CT molecular complexity index is 818. The van der Waals surface area contributed by atoms with E-state index in [1.54, 1.807) is 18.3 Å². The van der Waals surface area contributed by atoms with E-state index in [1.807, 2.05) is 47.8 Å². The van der Waals surface area contributed by atoms with E-state index < -0.39 is 5.97 Å². The summed E-state index contributed by atoms with van der Waals surface area (Å²) in [4.78, 5) is 21.3. The lowest BCUT2D eigenvalue weighted by molar-refractivity contribution is 0.0691. The van der Waals surface area contributed by atoms with Crippen molar-refractivity contribution in [2.75, 3.05) is 0 Å². The van der Waals surface area contributed by atoms with Crippen LogP contribution in [0.4, 0.5) is 0 Å². The number of thiophene rings is 1. The van der Waals surface area contributed by atoms with Gasteiger partial charge in [-0.05, 0) is 23.9 Å². The molecule has 3 rings (SSSR count). The van der Waals surface area contributed by atoms with Crippen LogP contribution >= 0.6 is 23.1 Å². The van der Waals surface area contributed by atoms with Crippen LogP contribution in [0.15, 0.2) is 52.9 Å². The molecule has 0 aliphatic rings. The molecule has 4 nitrogen and oxygen atoms in total. The van der Waals surface area contributed by atoms with Crippen LogP contribution < -0.4 is 0 Å². The molecule has 2 aromatic heterocycles. The lowest BCUT2D eigenvalue weighted by Crippen LogP contribution is -2.08. The summed E-state index contributed by atoms with van der Waals surface area (Å²) in [6.07, 6.45) is 0. The number of hydrogen-bond donors (Lipinski definition) is 1. The second-order valence-electron chi connectivity index (χ2n) is 4.87. The molecule has 6 heteroatoms. The highest BCUT2D eigenvalue weighted by Crippen LogP contribution is 2.30. The third-order valence-electron chi connectivity index (χ3n) is 3.23. The van der Waals surface area contributed by atoms with Gasteiger partial charge >= 0.3 is 5.97 Å². The van der Waals surface area contributed by atoms with Crippen LogP contribution in [0, 0.1) is 6.92 Å². The highest BCUT2D eigenvalue weighted by Gasteiger charge is 2.19. The Hall–Kier alpha value is -2.18. The first-order valence-electron chi connectivity index (χ1n) is 6.97. The second-order valence-corrected chi connectivity index (χ2v) is 6.78. The predicted octanol–water partition coefficient (Wildman–Crippen LogP) is 4.50. The van der Waals surface area contributed by atoms with E-state index in [2.05, 4.69) is 9.97 Å². The van der Waals surface area contributed by atoms with E-state index in [0.29, 0.717) is 22.3 Å². The molecule has 0 amide bonds. The molecule has 0 unspecified atom stereocenters. The van der Waals surface area contributed by atoms with Crippen molar-refractivity contribution in [1.29, 1.82) is 0 Å². The molecule has 1 aromatic carbocycles. The lowest BCUT2D eigenvalue weighted by Gasteiger charge is -2.09. The van der Waals surface area contributed by atoms with E-state index in [4.69, 9.17) is 0 Å². The van der Waals surface area contributed by atoms with Crippen molar-refractivity contribution in [1.82, 2.24) is 9.97 Å². The predicted molar refractivity (Wildman–Crippen MR) is 93.0 cm³/mol. The number of carboxylic acid groups (broad SMARTS) is 1. The first-order valence-corrected chi connectivity index (χ1v) is 8.84. The number of benzene rings is 1. The van der Waals surface area contributed by atoms with E-state index in [0.717, 1.165) is 10.4 Å². The number of aryl methyl sites for hydroxylation is 1. The van der Waals surface area contributed by atoms with Gasteiger partial charge in [-0.25, -0.2) is 14.8 Å². The van der Waals surface area contributed by atoms with Gasteiger partial charge in [0.25, 0.3) is 0 Å². The highest BCUT2D eigenvalue weighted by atomic mass is 32.2. The maximum absolute atomic E-state index is 11.6. The van der Waals surface area contributed by atoms with Gasteiger partial charge in [0.05, 0.1) is 10.6 Å². The van der Waals surface area contributed by atoms with Gasteiger partial charge in [-0.3, -0.25) is 0 Å². The molecule has 2 heterocycles. The number of hydrogen-bond acceptors (Lipinski definition) is 5. The van der Waals surface area contributed by atoms with E-state index in [1.165, 1.54) is 11.8 Å². The average molecular weight is 342 g/mol. The molecule has 0 saturated heterocycles. The summed E-state index contributed by atoms with van der Waals surface area (Å²) in [5.41, 5.74) is 1.81. The van der Waals surface area contributed by atoms with Crippen LogP contribution in [-0.2, 0) is 5.75 Å². The number of aromatic carboxylic acids is 1. The van der Waals surface area contributed by atoms with Gasteiger partial charge in [0.1, 0.15) is 10.6 Å². The molecule has 0 radical (unpaired) electrons. The van der Waals surface area contributed by atoms with Crippen LogP contribution in [0.3, 0.4) is 0 Å². The van der Waals surface area contributed by atoms with Crippen LogP contribution in [0.1, 0.15) is 21.6 Å². The van der Waals surface area contributed by atoms with Crippen molar-refractivity contribution >= 4 is 29.1 Å². The standard InChI is InChI=1S/C17H14N2O2S2/c1-11-14(17(20)21)16(23-10-12-6-3-2-4-7-12)19-15(18-11)13-8-5-9-22-13/h2-9H,10H2,1H3,(H,20,21). The largest absolute Gasteiger partial charge is 0.478 e. The average Bonchev–Trinajstić information content (AvgIpc) is 3.07. The minimum absolute atomic E-state index is 0.186. The van der Waals surface area contributed by atoms with Gasteiger partial charge in [-0.15, -0.1) is 23.1 Å². The SMILES string of the molecule is Cc1nc(-c2cccs2)nc(SCc2ccccc2)c1C(=O)O. The van der Waals surface area contributed by atoms with Gasteiger partial charge in [0, 0.05) is 5.75 Å². The zero-order chi connectivity index (χ0) is 16.2. The Labute approximate surface area is 142 Å². The molecular weight excluding hydrogens is 328 g/mol. The maximum Gasteiger partial charge on any atom is 0.340 e. The second kappa shape index (κ2) is 6.93. The van der Waals surface area contributed by atoms with Crippen molar-refractivity contribution in [3.8, 4) is 10.7 Å². The number of carboxylic acids is 1. The number of rotatable bonds is 5. The third-order valence-corrected chi connectivity index (χ3v) is 5.14. The van der Waals surface area contributed by atoms with Gasteiger partial charge in [-0.1, -0.05) is 36.4 Å². The monoisotopic (exact) mass is 342 g/mol. The Morgan fingerprint density at radius 1 is 1.17 bits per heavy atom. The fraction of sp³-hybridized carbons (Fsp3) is 0.118. The Morgan fingerprint density at radius 2 is 1.96 bits per heavy atom. The summed E-state index contributed by atoms with van der Waals surface area (Å²) >= 11 is 2.97. The lowest BCUT2D eigenvalue weighted by atomic mass is 10.2. The molecule has 0 aliphatic carbocycles. The molecule has 0 saturated carbocycles. The van der Waals surface area contributed by atoms with Crippen LogP contribution in [0.25, 0.3) is 10.7 Å². The van der Waals surface area contributed by atoms with Crippen molar-refractivity contribution in [2.24, 2.45) is 0 Å². The van der Waals surface area contributed by atoms with E-state index in [9.17, 15) is 9.90 Å². The normalized spacial score (nSPS) is 10.7. The fourth-order valence-corrected chi connectivity index (χ4v) is 3.82. The summed E-state index contributed by atoms with van der Waals surface area (Å²) in [5, 5.41) is 11.9. The summed E-state index contributed by atoms with van der Waals surface area (Å²) in [7, 11) is 0. The number of carbonyl (C=O) groups is 1. The Balaban J connectivity index is 1.97. The molecule has 0 aliphatic heterocycles. The third kappa shape index (κ3) is 3.60. The summed E-state index contributed by atoms with van der Waals surface area (Å²) in [5.74, 6) is 0.260. The molecule has 0 fully saturated rings. The smallest absolute Gasteiger partial charge is 0.340 e. The van der Waals surface area contributed by atoms with Gasteiger partial charge in [0.15, 0.2) is 5.82 Å². The van der Waals surface area contributed by atoms with Crippen LogP contribution in [0.5, 0.6) is 0 Å². The molecule has 1 N–H and O–H groups in total. The van der Waals surface area contributed by atoms with Crippen molar-refractivity contribution in [3.05, 3.63) is 64.7 Å². The van der Waals surface area contributed by atoms with E-state index >= 15 is 0 Å². The zero-order valence-corrected chi connectivity index (χ0v) is 14.0.